The van der Waals surface area contributed by atoms with E-state index in [1.165, 1.54) is 0 Å². The number of carbonyl (C=O) groups is 1. The summed E-state index contributed by atoms with van der Waals surface area (Å²) in [4.78, 5) is 14.0. The van der Waals surface area contributed by atoms with Crippen LogP contribution in [-0.4, -0.2) is 39.2 Å². The molecular formula is C14H18N4OS. The first-order valence-corrected chi connectivity index (χ1v) is 6.94. The molecule has 106 valence electrons. The lowest BCUT2D eigenvalue weighted by Gasteiger charge is -2.21. The number of H-pyrrole nitrogens is 1. The summed E-state index contributed by atoms with van der Waals surface area (Å²) in [6.07, 6.45) is 0. The quantitative estimate of drug-likeness (QED) is 0.881. The molecule has 1 aromatic carbocycles. The summed E-state index contributed by atoms with van der Waals surface area (Å²) < 4.78 is 2.22. The van der Waals surface area contributed by atoms with Crippen LogP contribution in [0.25, 0.3) is 11.4 Å². The second-order valence-corrected chi connectivity index (χ2v) is 5.00. The summed E-state index contributed by atoms with van der Waals surface area (Å²) >= 11 is 5.27. The van der Waals surface area contributed by atoms with E-state index in [1.807, 2.05) is 44.2 Å². The Morgan fingerprint density at radius 2 is 2.10 bits per heavy atom. The monoisotopic (exact) mass is 290 g/mol. The molecule has 1 N–H and O–H groups in total. The van der Waals surface area contributed by atoms with E-state index >= 15 is 0 Å². The van der Waals surface area contributed by atoms with Gasteiger partial charge >= 0.3 is 0 Å². The first-order valence-electron chi connectivity index (χ1n) is 6.53. The third-order valence-corrected chi connectivity index (χ3v) is 3.62. The Labute approximate surface area is 123 Å². The van der Waals surface area contributed by atoms with Gasteiger partial charge in [0.05, 0.1) is 0 Å². The van der Waals surface area contributed by atoms with E-state index in [4.69, 9.17) is 12.2 Å². The molecule has 1 amide bonds. The number of benzene rings is 1. The fraction of sp³-hybridized carbons (Fsp3) is 0.357. The Hall–Kier alpha value is -1.95. The Balaban J connectivity index is 2.45. The van der Waals surface area contributed by atoms with Gasteiger partial charge in [-0.2, -0.15) is 5.10 Å². The molecule has 0 aliphatic carbocycles. The van der Waals surface area contributed by atoms with Crippen molar-refractivity contribution >= 4 is 18.1 Å². The minimum Gasteiger partial charge on any atom is -0.344 e. The largest absolute Gasteiger partial charge is 0.344 e. The second kappa shape index (κ2) is 6.00. The van der Waals surface area contributed by atoms with Crippen LogP contribution < -0.4 is 0 Å². The zero-order valence-corrected chi connectivity index (χ0v) is 12.6. The van der Waals surface area contributed by atoms with Crippen LogP contribution in [0.1, 0.15) is 19.9 Å². The van der Waals surface area contributed by atoms with Crippen LogP contribution in [0.2, 0.25) is 0 Å². The van der Waals surface area contributed by atoms with Crippen molar-refractivity contribution in [1.82, 2.24) is 19.7 Å². The number of aromatic nitrogens is 3. The van der Waals surface area contributed by atoms with Crippen molar-refractivity contribution in [2.24, 2.45) is 0 Å². The average Bonchev–Trinajstić information content (AvgIpc) is 2.87. The number of amides is 1. The van der Waals surface area contributed by atoms with Gasteiger partial charge < -0.3 is 4.90 Å². The number of likely N-dealkylation sites (N-methyl/N-ethyl adjacent to an activating group) is 1. The van der Waals surface area contributed by atoms with Gasteiger partial charge in [-0.3, -0.25) is 14.5 Å². The summed E-state index contributed by atoms with van der Waals surface area (Å²) in [5.41, 5.74) is 0.929. The molecule has 0 spiro atoms. The van der Waals surface area contributed by atoms with Gasteiger partial charge in [-0.05, 0) is 26.1 Å². The standard InChI is InChI=1S/C14H18N4OS/c1-4-17(3)13(19)10(2)18-12(15-16-14(18)20)11-8-6-5-7-9-11/h5-10H,4H2,1-3H3,(H,16,20). The molecule has 0 saturated carbocycles. The Morgan fingerprint density at radius 3 is 2.70 bits per heavy atom. The minimum absolute atomic E-state index is 0.0159. The zero-order chi connectivity index (χ0) is 14.7. The van der Waals surface area contributed by atoms with Crippen LogP contribution >= 0.6 is 12.2 Å². The van der Waals surface area contributed by atoms with Crippen LogP contribution in [0.5, 0.6) is 0 Å². The SMILES string of the molecule is CCN(C)C(=O)C(C)n1c(-c2ccccc2)n[nH]c1=S. The van der Waals surface area contributed by atoms with Gasteiger partial charge in [0.15, 0.2) is 10.6 Å². The Morgan fingerprint density at radius 1 is 1.45 bits per heavy atom. The molecular weight excluding hydrogens is 272 g/mol. The third-order valence-electron chi connectivity index (χ3n) is 3.33. The van der Waals surface area contributed by atoms with E-state index in [2.05, 4.69) is 10.2 Å². The second-order valence-electron chi connectivity index (χ2n) is 4.62. The van der Waals surface area contributed by atoms with Crippen LogP contribution in [0, 0.1) is 4.77 Å². The molecule has 0 saturated heterocycles. The van der Waals surface area contributed by atoms with Crippen molar-refractivity contribution in [2.75, 3.05) is 13.6 Å². The molecule has 0 radical (unpaired) electrons. The van der Waals surface area contributed by atoms with Crippen molar-refractivity contribution in [2.45, 2.75) is 19.9 Å². The first kappa shape index (κ1) is 14.5. The smallest absolute Gasteiger partial charge is 0.245 e. The molecule has 1 heterocycles. The van der Waals surface area contributed by atoms with Crippen molar-refractivity contribution in [1.29, 1.82) is 0 Å². The predicted molar refractivity (Wildman–Crippen MR) is 80.9 cm³/mol. The molecule has 2 rings (SSSR count). The maximum Gasteiger partial charge on any atom is 0.245 e. The van der Waals surface area contributed by atoms with Gasteiger partial charge in [0, 0.05) is 19.2 Å². The molecule has 0 bridgehead atoms. The summed E-state index contributed by atoms with van der Waals surface area (Å²) in [7, 11) is 1.78. The topological polar surface area (TPSA) is 53.9 Å². The van der Waals surface area contributed by atoms with Gasteiger partial charge in [0.2, 0.25) is 5.91 Å². The summed E-state index contributed by atoms with van der Waals surface area (Å²) in [6.45, 7) is 4.44. The maximum atomic E-state index is 12.3. The Bertz CT molecular complexity index is 647. The number of nitrogens with zero attached hydrogens (tertiary/aromatic N) is 3. The molecule has 0 aliphatic heterocycles. The van der Waals surface area contributed by atoms with Crippen molar-refractivity contribution < 1.29 is 4.79 Å². The normalized spacial score (nSPS) is 12.2. The van der Waals surface area contributed by atoms with Gasteiger partial charge in [0.1, 0.15) is 6.04 Å². The van der Waals surface area contributed by atoms with E-state index in [1.54, 1.807) is 16.5 Å². The van der Waals surface area contributed by atoms with Crippen molar-refractivity contribution in [3.8, 4) is 11.4 Å². The van der Waals surface area contributed by atoms with Crippen LogP contribution in [0.15, 0.2) is 30.3 Å². The number of hydrogen-bond acceptors (Lipinski definition) is 3. The maximum absolute atomic E-state index is 12.3. The van der Waals surface area contributed by atoms with Gasteiger partial charge in [-0.25, -0.2) is 0 Å². The van der Waals surface area contributed by atoms with Crippen LogP contribution in [-0.2, 0) is 4.79 Å². The summed E-state index contributed by atoms with van der Waals surface area (Å²) in [5, 5.41) is 7.02. The van der Waals surface area contributed by atoms with Crippen molar-refractivity contribution in [3.05, 3.63) is 35.1 Å². The number of rotatable bonds is 4. The lowest BCUT2D eigenvalue weighted by molar-refractivity contribution is -0.132. The highest BCUT2D eigenvalue weighted by Gasteiger charge is 2.22. The van der Waals surface area contributed by atoms with Gasteiger partial charge in [-0.15, -0.1) is 0 Å². The van der Waals surface area contributed by atoms with E-state index in [0.29, 0.717) is 17.1 Å². The average molecular weight is 290 g/mol. The molecule has 1 aromatic heterocycles. The number of aromatic amines is 1. The zero-order valence-electron chi connectivity index (χ0n) is 11.8. The molecule has 2 aromatic rings. The van der Waals surface area contributed by atoms with Gasteiger partial charge in [-0.1, -0.05) is 30.3 Å². The Kier molecular flexibility index (Phi) is 4.34. The lowest BCUT2D eigenvalue weighted by Crippen LogP contribution is -2.33. The van der Waals surface area contributed by atoms with E-state index in [-0.39, 0.29) is 11.9 Å². The van der Waals surface area contributed by atoms with Gasteiger partial charge in [0.25, 0.3) is 0 Å². The van der Waals surface area contributed by atoms with E-state index in [9.17, 15) is 4.79 Å². The van der Waals surface area contributed by atoms with E-state index < -0.39 is 0 Å². The predicted octanol–water partition coefficient (Wildman–Crippen LogP) is 2.65. The number of carbonyl (C=O) groups excluding carboxylic acids is 1. The highest BCUT2D eigenvalue weighted by molar-refractivity contribution is 7.71. The van der Waals surface area contributed by atoms with Crippen LogP contribution in [0.4, 0.5) is 0 Å². The fourth-order valence-electron chi connectivity index (χ4n) is 2.04. The van der Waals surface area contributed by atoms with E-state index in [0.717, 1.165) is 5.56 Å². The highest BCUT2D eigenvalue weighted by Crippen LogP contribution is 2.21. The molecule has 20 heavy (non-hydrogen) atoms. The number of nitrogens with one attached hydrogen (secondary N) is 1. The molecule has 5 nitrogen and oxygen atoms in total. The van der Waals surface area contributed by atoms with Crippen LogP contribution in [0.3, 0.4) is 0 Å². The minimum atomic E-state index is -0.388. The molecule has 6 heteroatoms. The number of hydrogen-bond donors (Lipinski definition) is 1. The highest BCUT2D eigenvalue weighted by atomic mass is 32.1. The van der Waals surface area contributed by atoms with Crippen molar-refractivity contribution in [3.63, 3.8) is 0 Å². The lowest BCUT2D eigenvalue weighted by atomic mass is 10.2. The first-order chi connectivity index (χ1) is 9.56. The molecule has 1 atom stereocenters. The summed E-state index contributed by atoms with van der Waals surface area (Å²) in [6, 6.07) is 9.31. The fourth-order valence-corrected chi connectivity index (χ4v) is 2.33. The molecule has 1 unspecified atom stereocenters. The summed E-state index contributed by atoms with van der Waals surface area (Å²) in [5.74, 6) is 0.697. The third kappa shape index (κ3) is 2.65. The molecule has 0 aliphatic rings. The molecule has 0 fully saturated rings.